The SMILES string of the molecule is CC1CCCC2(C)C1c1cc(-c3ccc4c(c3)C(C)(C)c3c-4c4ccccc4c4cc(-c5ccc6c(c5)C5C(C)CCCC5(C)N6c5ccccc5)ccc34)ccc1N2c1ccccc1. The zero-order valence-electron chi connectivity index (χ0n) is 39.0. The first kappa shape index (κ1) is 39.3. The predicted molar refractivity (Wildman–Crippen MR) is 275 cm³/mol. The zero-order chi connectivity index (χ0) is 44.0. The normalized spacial score (nSPS) is 25.8. The Morgan fingerprint density at radius 1 is 0.446 bits per heavy atom. The van der Waals surface area contributed by atoms with Gasteiger partial charge in [-0.15, -0.1) is 0 Å². The molecule has 65 heavy (non-hydrogen) atoms. The predicted octanol–water partition coefficient (Wildman–Crippen LogP) is 17.3. The van der Waals surface area contributed by atoms with Crippen molar-refractivity contribution in [2.45, 2.75) is 108 Å². The highest BCUT2D eigenvalue weighted by atomic mass is 15.2. The molecule has 0 aromatic heterocycles. The van der Waals surface area contributed by atoms with Crippen molar-refractivity contribution in [3.05, 3.63) is 180 Å². The average molecular weight is 845 g/mol. The maximum Gasteiger partial charge on any atom is 0.0495 e. The summed E-state index contributed by atoms with van der Waals surface area (Å²) in [6.07, 6.45) is 7.58. The van der Waals surface area contributed by atoms with Crippen LogP contribution in [-0.2, 0) is 5.41 Å². The molecule has 0 radical (unpaired) electrons. The van der Waals surface area contributed by atoms with Gasteiger partial charge in [-0.2, -0.15) is 0 Å². The van der Waals surface area contributed by atoms with Gasteiger partial charge in [0.2, 0.25) is 0 Å². The van der Waals surface area contributed by atoms with E-state index >= 15 is 0 Å². The highest BCUT2D eigenvalue weighted by Gasteiger charge is 2.54. The third kappa shape index (κ3) is 5.40. The first-order chi connectivity index (χ1) is 31.6. The van der Waals surface area contributed by atoms with Crippen LogP contribution in [0.3, 0.4) is 0 Å². The van der Waals surface area contributed by atoms with Gasteiger partial charge in [0, 0.05) is 51.1 Å². The van der Waals surface area contributed by atoms with E-state index in [0.717, 1.165) is 0 Å². The van der Waals surface area contributed by atoms with Crippen LogP contribution in [0.25, 0.3) is 54.9 Å². The van der Waals surface area contributed by atoms with E-state index in [9.17, 15) is 0 Å². The summed E-state index contributed by atoms with van der Waals surface area (Å²) in [6.45, 7) is 15.0. The molecule has 2 heteroatoms. The molecule has 2 heterocycles. The molecule has 6 atom stereocenters. The van der Waals surface area contributed by atoms with Crippen LogP contribution in [0.4, 0.5) is 22.7 Å². The third-order valence-electron chi connectivity index (χ3n) is 17.7. The molecular formula is C63H60N2. The first-order valence-corrected chi connectivity index (χ1v) is 24.7. The van der Waals surface area contributed by atoms with Crippen LogP contribution in [0, 0.1) is 11.8 Å². The quantitative estimate of drug-likeness (QED) is 0.163. The van der Waals surface area contributed by atoms with Crippen molar-refractivity contribution in [2.75, 3.05) is 9.80 Å². The number of fused-ring (bicyclic) bond motifs is 14. The fraction of sp³-hybridized carbons (Fsp3) is 0.302. The molecule has 5 aliphatic rings. The highest BCUT2D eigenvalue weighted by Crippen LogP contribution is 2.62. The monoisotopic (exact) mass is 844 g/mol. The van der Waals surface area contributed by atoms with E-state index in [1.54, 1.807) is 0 Å². The zero-order valence-corrected chi connectivity index (χ0v) is 39.0. The minimum Gasteiger partial charge on any atom is -0.335 e. The van der Waals surface area contributed by atoms with Crippen molar-refractivity contribution in [1.29, 1.82) is 0 Å². The Morgan fingerprint density at radius 2 is 0.923 bits per heavy atom. The second-order valence-electron chi connectivity index (χ2n) is 21.7. The van der Waals surface area contributed by atoms with Crippen molar-refractivity contribution in [3.8, 4) is 33.4 Å². The smallest absolute Gasteiger partial charge is 0.0495 e. The van der Waals surface area contributed by atoms with E-state index in [0.29, 0.717) is 23.7 Å². The molecular weight excluding hydrogens is 785 g/mol. The van der Waals surface area contributed by atoms with E-state index in [1.807, 2.05) is 0 Å². The molecule has 0 bridgehead atoms. The number of para-hydroxylation sites is 2. The first-order valence-electron chi connectivity index (χ1n) is 24.7. The number of anilines is 4. The fourth-order valence-corrected chi connectivity index (χ4v) is 15.1. The van der Waals surface area contributed by atoms with Crippen LogP contribution < -0.4 is 9.80 Å². The van der Waals surface area contributed by atoms with Crippen LogP contribution in [0.2, 0.25) is 0 Å². The molecule has 0 saturated heterocycles. The van der Waals surface area contributed by atoms with Crippen LogP contribution in [0.15, 0.2) is 158 Å². The minimum absolute atomic E-state index is 0.0695. The highest BCUT2D eigenvalue weighted by molar-refractivity contribution is 6.19. The number of hydrogen-bond acceptors (Lipinski definition) is 2. The van der Waals surface area contributed by atoms with Crippen LogP contribution in [0.1, 0.15) is 114 Å². The van der Waals surface area contributed by atoms with Crippen molar-refractivity contribution in [2.24, 2.45) is 11.8 Å². The van der Waals surface area contributed by atoms with Gasteiger partial charge in [-0.1, -0.05) is 138 Å². The van der Waals surface area contributed by atoms with Crippen LogP contribution in [0.5, 0.6) is 0 Å². The van der Waals surface area contributed by atoms with Gasteiger partial charge < -0.3 is 9.80 Å². The Kier molecular flexibility index (Phi) is 8.42. The lowest BCUT2D eigenvalue weighted by Gasteiger charge is -2.46. The molecule has 0 spiro atoms. The number of benzene rings is 8. The van der Waals surface area contributed by atoms with Gasteiger partial charge in [0.05, 0.1) is 0 Å². The summed E-state index contributed by atoms with van der Waals surface area (Å²) in [5.41, 5.74) is 19.4. The summed E-state index contributed by atoms with van der Waals surface area (Å²) in [5.74, 6) is 2.27. The van der Waals surface area contributed by atoms with E-state index in [4.69, 9.17) is 0 Å². The molecule has 8 aromatic carbocycles. The van der Waals surface area contributed by atoms with Crippen LogP contribution in [-0.4, -0.2) is 11.1 Å². The lowest BCUT2D eigenvalue weighted by atomic mass is 9.67. The Morgan fingerprint density at radius 3 is 1.49 bits per heavy atom. The van der Waals surface area contributed by atoms with E-state index in [2.05, 4.69) is 209 Å². The Bertz CT molecular complexity index is 3230. The Labute approximate surface area is 386 Å². The standard InChI is InChI=1S/C63H60N2/c1-39-17-15-33-62(5)58(39)52-36-42(27-31-55(52)64(62)45-19-9-7-10-20-45)41-25-29-49-51(35-41)47-23-13-14-24-48(47)57-50-30-26-44(38-54(50)61(3,4)60(49)57)43-28-32-56-53(37-43)59-40(2)18-16-34-63(59,6)65(56)46-21-11-8-12-22-46/h7-14,19-32,35-40,58-59H,15-18,33-34H2,1-6H3. The molecule has 2 aliphatic heterocycles. The number of hydrogen-bond donors (Lipinski definition) is 0. The van der Waals surface area contributed by atoms with E-state index in [-0.39, 0.29) is 16.5 Å². The molecule has 6 unspecified atom stereocenters. The van der Waals surface area contributed by atoms with Gasteiger partial charge in [-0.3, -0.25) is 0 Å². The lowest BCUT2D eigenvalue weighted by Crippen LogP contribution is -2.47. The molecule has 322 valence electrons. The lowest BCUT2D eigenvalue weighted by molar-refractivity contribution is 0.223. The summed E-state index contributed by atoms with van der Waals surface area (Å²) < 4.78 is 0. The van der Waals surface area contributed by atoms with Crippen molar-refractivity contribution < 1.29 is 0 Å². The summed E-state index contributed by atoms with van der Waals surface area (Å²) in [6, 6.07) is 61.1. The van der Waals surface area contributed by atoms with Crippen LogP contribution >= 0.6 is 0 Å². The summed E-state index contributed by atoms with van der Waals surface area (Å²) in [4.78, 5) is 5.37. The second kappa shape index (κ2) is 13.9. The summed E-state index contributed by atoms with van der Waals surface area (Å²) in [7, 11) is 0. The third-order valence-corrected chi connectivity index (χ3v) is 17.7. The van der Waals surface area contributed by atoms with Gasteiger partial charge in [-0.25, -0.2) is 0 Å². The Balaban J connectivity index is 0.918. The molecule has 0 amide bonds. The van der Waals surface area contributed by atoms with Gasteiger partial charge >= 0.3 is 0 Å². The van der Waals surface area contributed by atoms with Crippen molar-refractivity contribution >= 4 is 44.3 Å². The molecule has 13 rings (SSSR count). The average Bonchev–Trinajstić information content (AvgIpc) is 3.86. The number of nitrogens with zero attached hydrogens (tertiary/aromatic N) is 2. The molecule has 3 aliphatic carbocycles. The van der Waals surface area contributed by atoms with E-state index < -0.39 is 0 Å². The fourth-order valence-electron chi connectivity index (χ4n) is 15.1. The molecule has 2 saturated carbocycles. The maximum absolute atomic E-state index is 2.69. The Hall–Kier alpha value is -6.12. The van der Waals surface area contributed by atoms with Gasteiger partial charge in [0.25, 0.3) is 0 Å². The topological polar surface area (TPSA) is 6.48 Å². The second-order valence-corrected chi connectivity index (χ2v) is 21.7. The van der Waals surface area contributed by atoms with Crippen molar-refractivity contribution in [1.82, 2.24) is 0 Å². The summed E-state index contributed by atoms with van der Waals surface area (Å²) in [5, 5.41) is 5.42. The molecule has 2 nitrogen and oxygen atoms in total. The largest absolute Gasteiger partial charge is 0.335 e. The van der Waals surface area contributed by atoms with Crippen molar-refractivity contribution in [3.63, 3.8) is 0 Å². The van der Waals surface area contributed by atoms with E-state index in [1.165, 1.54) is 138 Å². The maximum atomic E-state index is 2.69. The molecule has 2 fully saturated rings. The number of rotatable bonds is 4. The summed E-state index contributed by atoms with van der Waals surface area (Å²) >= 11 is 0. The minimum atomic E-state index is -0.183. The van der Waals surface area contributed by atoms with Gasteiger partial charge in [0.15, 0.2) is 0 Å². The van der Waals surface area contributed by atoms with Gasteiger partial charge in [0.1, 0.15) is 0 Å². The molecule has 0 N–H and O–H groups in total. The molecule has 8 aromatic rings. The van der Waals surface area contributed by atoms with Gasteiger partial charge in [-0.05, 0) is 189 Å².